The molecule has 0 radical (unpaired) electrons. The molecule has 0 atom stereocenters. The Hall–Kier alpha value is -1.36. The van der Waals surface area contributed by atoms with Crippen LogP contribution in [0.2, 0.25) is 0 Å². The Kier molecular flexibility index (Phi) is 4.58. The van der Waals surface area contributed by atoms with E-state index in [-0.39, 0.29) is 17.1 Å². The van der Waals surface area contributed by atoms with Crippen molar-refractivity contribution in [2.24, 2.45) is 5.41 Å². The molecule has 106 valence electrons. The normalized spacial score (nSPS) is 18.1. The van der Waals surface area contributed by atoms with Crippen molar-refractivity contribution in [1.29, 1.82) is 0 Å². The SMILES string of the molecule is CCC1(CNc2nc(OC)ccc2F)CCOCC1. The molecule has 1 N–H and O–H groups in total. The zero-order valence-corrected chi connectivity index (χ0v) is 11.5. The molecule has 0 aromatic carbocycles. The Morgan fingerprint density at radius 1 is 1.42 bits per heavy atom. The number of hydrogen-bond donors (Lipinski definition) is 1. The van der Waals surface area contributed by atoms with Gasteiger partial charge in [0, 0.05) is 25.8 Å². The standard InChI is InChI=1S/C14H21FN2O2/c1-3-14(6-8-19-9-7-14)10-16-13-11(15)4-5-12(17-13)18-2/h4-5H,3,6-10H2,1-2H3,(H,16,17). The van der Waals surface area contributed by atoms with Crippen LogP contribution in [0.25, 0.3) is 0 Å². The van der Waals surface area contributed by atoms with E-state index in [1.807, 2.05) is 0 Å². The molecule has 1 aliphatic rings. The zero-order valence-electron chi connectivity index (χ0n) is 11.5. The van der Waals surface area contributed by atoms with Crippen molar-refractivity contribution < 1.29 is 13.9 Å². The first kappa shape index (κ1) is 14.1. The highest BCUT2D eigenvalue weighted by atomic mass is 19.1. The molecule has 0 aliphatic carbocycles. The van der Waals surface area contributed by atoms with Crippen molar-refractivity contribution in [2.75, 3.05) is 32.2 Å². The van der Waals surface area contributed by atoms with E-state index in [1.165, 1.54) is 19.2 Å². The summed E-state index contributed by atoms with van der Waals surface area (Å²) in [5, 5.41) is 3.13. The van der Waals surface area contributed by atoms with Gasteiger partial charge in [0.05, 0.1) is 7.11 Å². The first-order valence-corrected chi connectivity index (χ1v) is 6.71. The number of nitrogens with zero attached hydrogens (tertiary/aromatic N) is 1. The summed E-state index contributed by atoms with van der Waals surface area (Å²) in [4.78, 5) is 4.10. The van der Waals surface area contributed by atoms with Gasteiger partial charge in [-0.3, -0.25) is 0 Å². The summed E-state index contributed by atoms with van der Waals surface area (Å²) in [7, 11) is 1.52. The van der Waals surface area contributed by atoms with Crippen LogP contribution in [-0.4, -0.2) is 31.9 Å². The van der Waals surface area contributed by atoms with Crippen molar-refractivity contribution in [3.63, 3.8) is 0 Å². The number of rotatable bonds is 5. The number of halogens is 1. The Morgan fingerprint density at radius 2 is 2.16 bits per heavy atom. The fourth-order valence-corrected chi connectivity index (χ4v) is 2.39. The molecule has 19 heavy (non-hydrogen) atoms. The number of nitrogens with one attached hydrogen (secondary N) is 1. The molecule has 0 unspecified atom stereocenters. The van der Waals surface area contributed by atoms with Crippen LogP contribution in [0.15, 0.2) is 12.1 Å². The highest BCUT2D eigenvalue weighted by molar-refractivity contribution is 5.39. The molecular weight excluding hydrogens is 247 g/mol. The monoisotopic (exact) mass is 268 g/mol. The Bertz CT molecular complexity index is 420. The van der Waals surface area contributed by atoms with E-state index in [4.69, 9.17) is 9.47 Å². The van der Waals surface area contributed by atoms with E-state index < -0.39 is 0 Å². The van der Waals surface area contributed by atoms with Gasteiger partial charge in [0.1, 0.15) is 0 Å². The Labute approximate surface area is 113 Å². The van der Waals surface area contributed by atoms with Crippen LogP contribution in [0.3, 0.4) is 0 Å². The van der Waals surface area contributed by atoms with E-state index in [1.54, 1.807) is 0 Å². The Balaban J connectivity index is 2.04. The number of aromatic nitrogens is 1. The Morgan fingerprint density at radius 3 is 2.79 bits per heavy atom. The highest BCUT2D eigenvalue weighted by Crippen LogP contribution is 2.34. The van der Waals surface area contributed by atoms with Crippen LogP contribution in [-0.2, 0) is 4.74 Å². The van der Waals surface area contributed by atoms with E-state index in [0.29, 0.717) is 12.4 Å². The summed E-state index contributed by atoms with van der Waals surface area (Å²) < 4.78 is 24.1. The van der Waals surface area contributed by atoms with E-state index >= 15 is 0 Å². The quantitative estimate of drug-likeness (QED) is 0.891. The molecular formula is C14H21FN2O2. The van der Waals surface area contributed by atoms with Crippen LogP contribution in [0, 0.1) is 11.2 Å². The second kappa shape index (κ2) is 6.19. The van der Waals surface area contributed by atoms with Gasteiger partial charge in [-0.2, -0.15) is 4.98 Å². The minimum Gasteiger partial charge on any atom is -0.481 e. The van der Waals surface area contributed by atoms with E-state index in [9.17, 15) is 4.39 Å². The molecule has 1 aromatic rings. The summed E-state index contributed by atoms with van der Waals surface area (Å²) in [5.41, 5.74) is 0.176. The van der Waals surface area contributed by atoms with Crippen molar-refractivity contribution in [3.8, 4) is 5.88 Å². The van der Waals surface area contributed by atoms with Crippen LogP contribution >= 0.6 is 0 Å². The molecule has 1 saturated heterocycles. The maximum atomic E-state index is 13.7. The fourth-order valence-electron chi connectivity index (χ4n) is 2.39. The largest absolute Gasteiger partial charge is 0.481 e. The van der Waals surface area contributed by atoms with Gasteiger partial charge in [0.2, 0.25) is 5.88 Å². The van der Waals surface area contributed by atoms with Gasteiger partial charge in [0.15, 0.2) is 11.6 Å². The third-order valence-electron chi connectivity index (χ3n) is 3.96. The summed E-state index contributed by atoms with van der Waals surface area (Å²) in [5.74, 6) is 0.333. The van der Waals surface area contributed by atoms with Crippen molar-refractivity contribution in [2.45, 2.75) is 26.2 Å². The third kappa shape index (κ3) is 3.35. The van der Waals surface area contributed by atoms with E-state index in [0.717, 1.165) is 32.5 Å². The average Bonchev–Trinajstić information content (AvgIpc) is 2.47. The summed E-state index contributed by atoms with van der Waals surface area (Å²) in [6.07, 6.45) is 3.05. The molecule has 0 amide bonds. The first-order chi connectivity index (χ1) is 9.19. The van der Waals surface area contributed by atoms with Gasteiger partial charge in [-0.25, -0.2) is 4.39 Å². The van der Waals surface area contributed by atoms with Gasteiger partial charge < -0.3 is 14.8 Å². The number of hydrogen-bond acceptors (Lipinski definition) is 4. The number of pyridine rings is 1. The number of anilines is 1. The molecule has 1 aliphatic heterocycles. The molecule has 0 saturated carbocycles. The summed E-state index contributed by atoms with van der Waals surface area (Å²) >= 11 is 0. The second-order valence-electron chi connectivity index (χ2n) is 5.00. The van der Waals surface area contributed by atoms with Crippen molar-refractivity contribution >= 4 is 5.82 Å². The maximum Gasteiger partial charge on any atom is 0.215 e. The van der Waals surface area contributed by atoms with Crippen molar-refractivity contribution in [1.82, 2.24) is 4.98 Å². The molecule has 2 rings (SSSR count). The van der Waals surface area contributed by atoms with E-state index in [2.05, 4.69) is 17.2 Å². The molecule has 1 fully saturated rings. The smallest absolute Gasteiger partial charge is 0.215 e. The fraction of sp³-hybridized carbons (Fsp3) is 0.643. The number of ether oxygens (including phenoxy) is 2. The molecule has 5 heteroatoms. The van der Waals surface area contributed by atoms with Crippen LogP contribution < -0.4 is 10.1 Å². The summed E-state index contributed by atoms with van der Waals surface area (Å²) in [6, 6.07) is 2.89. The molecule has 2 heterocycles. The van der Waals surface area contributed by atoms with Gasteiger partial charge in [0.25, 0.3) is 0 Å². The lowest BCUT2D eigenvalue weighted by Gasteiger charge is -2.36. The lowest BCUT2D eigenvalue weighted by Crippen LogP contribution is -2.35. The zero-order chi connectivity index (χ0) is 13.7. The number of methoxy groups -OCH3 is 1. The topological polar surface area (TPSA) is 43.4 Å². The predicted octanol–water partition coefficient (Wildman–Crippen LogP) is 2.85. The lowest BCUT2D eigenvalue weighted by molar-refractivity contribution is 0.0191. The maximum absolute atomic E-state index is 13.7. The molecule has 0 spiro atoms. The molecule has 1 aromatic heterocycles. The minimum atomic E-state index is -0.348. The average molecular weight is 268 g/mol. The van der Waals surface area contributed by atoms with Gasteiger partial charge in [-0.1, -0.05) is 6.92 Å². The predicted molar refractivity (Wildman–Crippen MR) is 72.0 cm³/mol. The lowest BCUT2D eigenvalue weighted by atomic mass is 9.78. The van der Waals surface area contributed by atoms with Crippen LogP contribution in [0.4, 0.5) is 10.2 Å². The van der Waals surface area contributed by atoms with Gasteiger partial charge in [-0.15, -0.1) is 0 Å². The minimum absolute atomic E-state index is 0.176. The first-order valence-electron chi connectivity index (χ1n) is 6.71. The van der Waals surface area contributed by atoms with Crippen LogP contribution in [0.1, 0.15) is 26.2 Å². The van der Waals surface area contributed by atoms with Crippen molar-refractivity contribution in [3.05, 3.63) is 17.9 Å². The van der Waals surface area contributed by atoms with Gasteiger partial charge >= 0.3 is 0 Å². The van der Waals surface area contributed by atoms with Gasteiger partial charge in [-0.05, 0) is 30.7 Å². The molecule has 0 bridgehead atoms. The highest BCUT2D eigenvalue weighted by Gasteiger charge is 2.30. The molecule has 4 nitrogen and oxygen atoms in total. The second-order valence-corrected chi connectivity index (χ2v) is 5.00. The summed E-state index contributed by atoms with van der Waals surface area (Å²) in [6.45, 7) is 4.44. The third-order valence-corrected chi connectivity index (χ3v) is 3.96. The van der Waals surface area contributed by atoms with Crippen LogP contribution in [0.5, 0.6) is 5.88 Å².